The number of halogens is 2. The Balaban J connectivity index is 1.96. The minimum absolute atomic E-state index is 0.359. The number of rotatable bonds is 4. The molecule has 1 atom stereocenters. The normalized spacial score (nSPS) is 17.4. The Bertz CT molecular complexity index is 782. The number of benzene rings is 2. The lowest BCUT2D eigenvalue weighted by molar-refractivity contribution is -0.132. The van der Waals surface area contributed by atoms with Crippen LogP contribution in [0.15, 0.2) is 48.5 Å². The molecule has 2 aromatic carbocycles. The summed E-state index contributed by atoms with van der Waals surface area (Å²) in [5.41, 5.74) is 6.29. The maximum absolute atomic E-state index is 13.5. The number of hydrogen-bond donors (Lipinski definition) is 3. The average Bonchev–Trinajstić information content (AvgIpc) is 2.69. The fraction of sp³-hybridized carbons (Fsp3) is 0.300. The van der Waals surface area contributed by atoms with Gasteiger partial charge in [-0.3, -0.25) is 25.3 Å². The second kappa shape index (κ2) is 8.90. The standard InChI is InChI=1S/C20H22F2N4O2/c1-13(27)24-25-20(28)18-12-23-10-11-26(18)19(14-2-6-16(21)7-3-14)15-4-8-17(22)9-5-15/h2-9,18-19,23H,10-12H2,1H3,(H,24,27)(H,25,28). The number of carbonyl (C=O) groups is 2. The van der Waals surface area contributed by atoms with Crippen molar-refractivity contribution in [2.45, 2.75) is 19.0 Å². The summed E-state index contributed by atoms with van der Waals surface area (Å²) in [6.07, 6.45) is 0. The van der Waals surface area contributed by atoms with Gasteiger partial charge in [-0.05, 0) is 35.4 Å². The van der Waals surface area contributed by atoms with Crippen LogP contribution < -0.4 is 16.2 Å². The highest BCUT2D eigenvalue weighted by atomic mass is 19.1. The molecule has 0 aliphatic carbocycles. The zero-order valence-electron chi connectivity index (χ0n) is 15.4. The fourth-order valence-corrected chi connectivity index (χ4v) is 3.37. The first-order valence-electron chi connectivity index (χ1n) is 8.99. The summed E-state index contributed by atoms with van der Waals surface area (Å²) in [4.78, 5) is 25.8. The fourth-order valence-electron chi connectivity index (χ4n) is 3.37. The summed E-state index contributed by atoms with van der Waals surface area (Å²) in [5, 5.41) is 3.17. The van der Waals surface area contributed by atoms with Crippen LogP contribution in [-0.2, 0) is 9.59 Å². The van der Waals surface area contributed by atoms with Crippen molar-refractivity contribution in [2.24, 2.45) is 0 Å². The summed E-state index contributed by atoms with van der Waals surface area (Å²) in [6.45, 7) is 2.88. The highest BCUT2D eigenvalue weighted by molar-refractivity contribution is 5.85. The van der Waals surface area contributed by atoms with Gasteiger partial charge in [-0.25, -0.2) is 8.78 Å². The van der Waals surface area contributed by atoms with Crippen LogP contribution in [0.2, 0.25) is 0 Å². The van der Waals surface area contributed by atoms with Crippen LogP contribution in [0.4, 0.5) is 8.78 Å². The van der Waals surface area contributed by atoms with Crippen LogP contribution >= 0.6 is 0 Å². The van der Waals surface area contributed by atoms with E-state index in [0.29, 0.717) is 19.6 Å². The van der Waals surface area contributed by atoms with E-state index in [2.05, 4.69) is 16.2 Å². The van der Waals surface area contributed by atoms with E-state index in [9.17, 15) is 18.4 Å². The lowest BCUT2D eigenvalue weighted by Gasteiger charge is -2.41. The van der Waals surface area contributed by atoms with Crippen LogP contribution in [0.25, 0.3) is 0 Å². The lowest BCUT2D eigenvalue weighted by atomic mass is 9.94. The first kappa shape index (κ1) is 19.9. The van der Waals surface area contributed by atoms with Crippen molar-refractivity contribution in [1.82, 2.24) is 21.1 Å². The van der Waals surface area contributed by atoms with Crippen molar-refractivity contribution in [2.75, 3.05) is 19.6 Å². The van der Waals surface area contributed by atoms with Gasteiger partial charge >= 0.3 is 0 Å². The van der Waals surface area contributed by atoms with Gasteiger partial charge in [0.15, 0.2) is 0 Å². The van der Waals surface area contributed by atoms with Gasteiger partial charge in [0.1, 0.15) is 17.7 Å². The number of nitrogens with one attached hydrogen (secondary N) is 3. The molecule has 3 N–H and O–H groups in total. The van der Waals surface area contributed by atoms with Crippen molar-refractivity contribution in [3.8, 4) is 0 Å². The third-order valence-corrected chi connectivity index (χ3v) is 4.65. The Labute approximate surface area is 161 Å². The summed E-state index contributed by atoms with van der Waals surface area (Å²) in [7, 11) is 0. The molecule has 8 heteroatoms. The van der Waals surface area contributed by atoms with E-state index in [1.807, 2.05) is 4.90 Å². The molecule has 2 amide bonds. The molecule has 3 rings (SSSR count). The largest absolute Gasteiger partial charge is 0.313 e. The SMILES string of the molecule is CC(=O)NNC(=O)C1CNCCN1C(c1ccc(F)cc1)c1ccc(F)cc1. The number of piperazine rings is 1. The molecular formula is C20H22F2N4O2. The highest BCUT2D eigenvalue weighted by Gasteiger charge is 2.35. The van der Waals surface area contributed by atoms with Crippen molar-refractivity contribution in [3.05, 3.63) is 71.3 Å². The van der Waals surface area contributed by atoms with Crippen molar-refractivity contribution in [1.29, 1.82) is 0 Å². The van der Waals surface area contributed by atoms with Gasteiger partial charge in [-0.15, -0.1) is 0 Å². The van der Waals surface area contributed by atoms with Crippen LogP contribution in [0, 0.1) is 11.6 Å². The van der Waals surface area contributed by atoms with Gasteiger partial charge in [-0.2, -0.15) is 0 Å². The maximum atomic E-state index is 13.5. The second-order valence-corrected chi connectivity index (χ2v) is 6.63. The highest BCUT2D eigenvalue weighted by Crippen LogP contribution is 2.31. The molecule has 1 heterocycles. The molecule has 1 saturated heterocycles. The smallest absolute Gasteiger partial charge is 0.257 e. The quantitative estimate of drug-likeness (QED) is 0.694. The molecule has 1 fully saturated rings. The van der Waals surface area contributed by atoms with Crippen LogP contribution in [0.5, 0.6) is 0 Å². The van der Waals surface area contributed by atoms with E-state index in [1.54, 1.807) is 24.3 Å². The Hall–Kier alpha value is -2.84. The minimum Gasteiger partial charge on any atom is -0.313 e. The second-order valence-electron chi connectivity index (χ2n) is 6.63. The molecular weight excluding hydrogens is 366 g/mol. The summed E-state index contributed by atoms with van der Waals surface area (Å²) in [5.74, 6) is -1.46. The van der Waals surface area contributed by atoms with Gasteiger partial charge in [0.05, 0.1) is 6.04 Å². The molecule has 28 heavy (non-hydrogen) atoms. The molecule has 1 aliphatic heterocycles. The average molecular weight is 388 g/mol. The summed E-state index contributed by atoms with van der Waals surface area (Å²) >= 11 is 0. The predicted molar refractivity (Wildman–Crippen MR) is 100.0 cm³/mol. The Kier molecular flexibility index (Phi) is 6.33. The van der Waals surface area contributed by atoms with E-state index in [4.69, 9.17) is 0 Å². The molecule has 6 nitrogen and oxygen atoms in total. The van der Waals surface area contributed by atoms with Crippen LogP contribution in [-0.4, -0.2) is 42.4 Å². The van der Waals surface area contributed by atoms with Gasteiger partial charge in [0.2, 0.25) is 5.91 Å². The molecule has 1 unspecified atom stereocenters. The van der Waals surface area contributed by atoms with E-state index in [1.165, 1.54) is 31.2 Å². The Morgan fingerprint density at radius 2 is 1.54 bits per heavy atom. The van der Waals surface area contributed by atoms with E-state index in [0.717, 1.165) is 11.1 Å². The van der Waals surface area contributed by atoms with Crippen molar-refractivity contribution in [3.63, 3.8) is 0 Å². The molecule has 2 aromatic rings. The third-order valence-electron chi connectivity index (χ3n) is 4.65. The van der Waals surface area contributed by atoms with Gasteiger partial charge < -0.3 is 5.32 Å². The van der Waals surface area contributed by atoms with Crippen molar-refractivity contribution >= 4 is 11.8 Å². The first-order valence-corrected chi connectivity index (χ1v) is 8.99. The molecule has 0 aromatic heterocycles. The zero-order chi connectivity index (χ0) is 20.1. The minimum atomic E-state index is -0.583. The third kappa shape index (κ3) is 4.71. The number of hydrazine groups is 1. The number of carbonyl (C=O) groups excluding carboxylic acids is 2. The van der Waals surface area contributed by atoms with E-state index >= 15 is 0 Å². The summed E-state index contributed by atoms with van der Waals surface area (Å²) in [6, 6.07) is 11.1. The molecule has 0 saturated carbocycles. The zero-order valence-corrected chi connectivity index (χ0v) is 15.4. The van der Waals surface area contributed by atoms with E-state index < -0.39 is 6.04 Å². The van der Waals surface area contributed by atoms with Crippen LogP contribution in [0.1, 0.15) is 24.1 Å². The first-order chi connectivity index (χ1) is 13.5. The lowest BCUT2D eigenvalue weighted by Crippen LogP contribution is -2.60. The molecule has 0 bridgehead atoms. The molecule has 1 aliphatic rings. The number of hydrogen-bond acceptors (Lipinski definition) is 4. The monoisotopic (exact) mass is 388 g/mol. The van der Waals surface area contributed by atoms with Gasteiger partial charge in [0.25, 0.3) is 5.91 Å². The van der Waals surface area contributed by atoms with E-state index in [-0.39, 0.29) is 29.5 Å². The topological polar surface area (TPSA) is 73.5 Å². The molecule has 0 spiro atoms. The molecule has 148 valence electrons. The Morgan fingerprint density at radius 3 is 2.04 bits per heavy atom. The Morgan fingerprint density at radius 1 is 1.00 bits per heavy atom. The van der Waals surface area contributed by atoms with Gasteiger partial charge in [-0.1, -0.05) is 24.3 Å². The van der Waals surface area contributed by atoms with Crippen LogP contribution in [0.3, 0.4) is 0 Å². The van der Waals surface area contributed by atoms with Gasteiger partial charge in [0, 0.05) is 26.6 Å². The van der Waals surface area contributed by atoms with Crippen molar-refractivity contribution < 1.29 is 18.4 Å². The predicted octanol–water partition coefficient (Wildman–Crippen LogP) is 1.50. The maximum Gasteiger partial charge on any atom is 0.257 e. The molecule has 0 radical (unpaired) electrons. The number of nitrogens with zero attached hydrogens (tertiary/aromatic N) is 1. The summed E-state index contributed by atoms with van der Waals surface area (Å²) < 4.78 is 26.9. The number of amides is 2.